The van der Waals surface area contributed by atoms with E-state index in [0.717, 1.165) is 10.0 Å². The van der Waals surface area contributed by atoms with Gasteiger partial charge in [-0.05, 0) is 28.1 Å². The van der Waals surface area contributed by atoms with Crippen LogP contribution in [-0.2, 0) is 0 Å². The van der Waals surface area contributed by atoms with Crippen LogP contribution in [0.15, 0.2) is 89.4 Å². The molecule has 0 aliphatic carbocycles. The number of hydrogen-bond donors (Lipinski definition) is 0. The lowest BCUT2D eigenvalue weighted by molar-refractivity contribution is 0.0791. The molecule has 0 saturated carbocycles. The molecule has 0 aromatic heterocycles. The number of ether oxygens (including phenoxy) is 1. The number of para-hydroxylation sites is 1. The molecule has 0 N–H and O–H groups in total. The van der Waals surface area contributed by atoms with Gasteiger partial charge in [-0.3, -0.25) is 4.79 Å². The van der Waals surface area contributed by atoms with Gasteiger partial charge in [0.15, 0.2) is 6.10 Å². The van der Waals surface area contributed by atoms with E-state index in [0.29, 0.717) is 11.3 Å². The van der Waals surface area contributed by atoms with Crippen LogP contribution in [0.1, 0.15) is 22.0 Å². The number of ketones is 1. The smallest absolute Gasteiger partial charge is 0.207 e. The number of rotatable bonds is 5. The van der Waals surface area contributed by atoms with E-state index >= 15 is 0 Å². The molecule has 3 aromatic carbocycles. The molecule has 0 bridgehead atoms. The summed E-state index contributed by atoms with van der Waals surface area (Å²) in [7, 11) is 0. The number of carbonyl (C=O) groups excluding carboxylic acids is 1. The third-order valence-electron chi connectivity index (χ3n) is 3.48. The van der Waals surface area contributed by atoms with Crippen LogP contribution in [0.4, 0.5) is 0 Å². The lowest BCUT2D eigenvalue weighted by atomic mass is 10.00. The molecule has 2 nitrogen and oxygen atoms in total. The molecular weight excluding hydrogens is 352 g/mol. The van der Waals surface area contributed by atoms with E-state index in [1.165, 1.54) is 0 Å². The van der Waals surface area contributed by atoms with Gasteiger partial charge < -0.3 is 4.74 Å². The van der Waals surface area contributed by atoms with Gasteiger partial charge in [0, 0.05) is 11.1 Å². The Labute approximate surface area is 143 Å². The predicted molar refractivity (Wildman–Crippen MR) is 94.7 cm³/mol. The maximum Gasteiger partial charge on any atom is 0.207 e. The summed E-state index contributed by atoms with van der Waals surface area (Å²) in [5, 5.41) is 0. The van der Waals surface area contributed by atoms with E-state index < -0.39 is 6.10 Å². The maximum absolute atomic E-state index is 12.9. The van der Waals surface area contributed by atoms with E-state index in [2.05, 4.69) is 15.9 Å². The van der Waals surface area contributed by atoms with Gasteiger partial charge in [-0.25, -0.2) is 0 Å². The Hall–Kier alpha value is -2.39. The number of carbonyl (C=O) groups is 1. The van der Waals surface area contributed by atoms with Crippen LogP contribution in [0.2, 0.25) is 0 Å². The van der Waals surface area contributed by atoms with E-state index in [1.807, 2.05) is 84.9 Å². The zero-order chi connectivity index (χ0) is 16.1. The van der Waals surface area contributed by atoms with E-state index in [1.54, 1.807) is 0 Å². The molecule has 0 radical (unpaired) electrons. The molecule has 0 amide bonds. The van der Waals surface area contributed by atoms with Gasteiger partial charge in [0.1, 0.15) is 5.75 Å². The molecule has 0 aliphatic rings. The predicted octanol–water partition coefficient (Wildman–Crippen LogP) is 5.45. The summed E-state index contributed by atoms with van der Waals surface area (Å²) in [5.74, 6) is 0.582. The maximum atomic E-state index is 12.9. The molecule has 0 saturated heterocycles. The largest absolute Gasteiger partial charge is 0.476 e. The number of Topliss-reactive ketones (excluding diaryl/α,β-unsaturated/α-hetero) is 1. The summed E-state index contributed by atoms with van der Waals surface area (Å²) in [6.45, 7) is 0. The summed E-state index contributed by atoms with van der Waals surface area (Å²) < 4.78 is 6.87. The summed E-state index contributed by atoms with van der Waals surface area (Å²) in [4.78, 5) is 12.9. The lowest BCUT2D eigenvalue weighted by Gasteiger charge is -2.19. The van der Waals surface area contributed by atoms with Gasteiger partial charge in [-0.2, -0.15) is 0 Å². The Kier molecular flexibility index (Phi) is 4.89. The second-order valence-electron chi connectivity index (χ2n) is 5.07. The Bertz CT molecular complexity index is 785. The second-order valence-corrected chi connectivity index (χ2v) is 5.92. The third kappa shape index (κ3) is 3.69. The molecule has 0 fully saturated rings. The minimum Gasteiger partial charge on any atom is -0.476 e. The van der Waals surface area contributed by atoms with Gasteiger partial charge >= 0.3 is 0 Å². The fourth-order valence-corrected chi connectivity index (χ4v) is 2.70. The van der Waals surface area contributed by atoms with Crippen molar-refractivity contribution >= 4 is 21.7 Å². The van der Waals surface area contributed by atoms with Gasteiger partial charge in [-0.1, -0.05) is 72.8 Å². The normalized spacial score (nSPS) is 11.7. The molecule has 0 heterocycles. The van der Waals surface area contributed by atoms with Gasteiger partial charge in [-0.15, -0.1) is 0 Å². The van der Waals surface area contributed by atoms with Crippen LogP contribution in [0, 0.1) is 0 Å². The second kappa shape index (κ2) is 7.25. The highest BCUT2D eigenvalue weighted by molar-refractivity contribution is 9.10. The lowest BCUT2D eigenvalue weighted by Crippen LogP contribution is -2.19. The van der Waals surface area contributed by atoms with Gasteiger partial charge in [0.25, 0.3) is 0 Å². The van der Waals surface area contributed by atoms with Crippen LogP contribution in [-0.4, -0.2) is 5.78 Å². The summed E-state index contributed by atoms with van der Waals surface area (Å²) >= 11 is 3.47. The zero-order valence-electron chi connectivity index (χ0n) is 12.4. The number of hydrogen-bond acceptors (Lipinski definition) is 2. The van der Waals surface area contributed by atoms with E-state index in [9.17, 15) is 4.79 Å². The van der Waals surface area contributed by atoms with Crippen molar-refractivity contribution in [2.24, 2.45) is 0 Å². The minimum atomic E-state index is -0.683. The SMILES string of the molecule is O=C(c1ccccc1)C(Oc1ccccc1Br)c1ccccc1. The van der Waals surface area contributed by atoms with Crippen molar-refractivity contribution in [1.29, 1.82) is 0 Å². The van der Waals surface area contributed by atoms with Crippen molar-refractivity contribution in [2.45, 2.75) is 6.10 Å². The average Bonchev–Trinajstić information content (AvgIpc) is 2.62. The molecule has 3 rings (SSSR count). The van der Waals surface area contributed by atoms with E-state index in [-0.39, 0.29) is 5.78 Å². The van der Waals surface area contributed by atoms with Gasteiger partial charge in [0.2, 0.25) is 5.78 Å². The molecule has 23 heavy (non-hydrogen) atoms. The first-order valence-corrected chi connectivity index (χ1v) is 8.10. The average molecular weight is 367 g/mol. The van der Waals surface area contributed by atoms with Crippen LogP contribution in [0.5, 0.6) is 5.75 Å². The monoisotopic (exact) mass is 366 g/mol. The highest BCUT2D eigenvalue weighted by Crippen LogP contribution is 2.30. The Morgan fingerprint density at radius 3 is 2.00 bits per heavy atom. The topological polar surface area (TPSA) is 26.3 Å². The molecule has 3 aromatic rings. The first-order valence-electron chi connectivity index (χ1n) is 7.31. The Morgan fingerprint density at radius 1 is 0.783 bits per heavy atom. The highest BCUT2D eigenvalue weighted by atomic mass is 79.9. The first-order chi connectivity index (χ1) is 11.3. The quantitative estimate of drug-likeness (QED) is 0.561. The van der Waals surface area contributed by atoms with Crippen molar-refractivity contribution in [2.75, 3.05) is 0 Å². The van der Waals surface area contributed by atoms with Crippen LogP contribution >= 0.6 is 15.9 Å². The number of benzene rings is 3. The Balaban J connectivity index is 1.98. The highest BCUT2D eigenvalue weighted by Gasteiger charge is 2.24. The summed E-state index contributed by atoms with van der Waals surface area (Å²) in [5.41, 5.74) is 1.46. The minimum absolute atomic E-state index is 0.0625. The van der Waals surface area contributed by atoms with E-state index in [4.69, 9.17) is 4.74 Å². The van der Waals surface area contributed by atoms with Crippen molar-refractivity contribution in [3.63, 3.8) is 0 Å². The van der Waals surface area contributed by atoms with Crippen LogP contribution in [0.25, 0.3) is 0 Å². The molecule has 114 valence electrons. The zero-order valence-corrected chi connectivity index (χ0v) is 13.9. The van der Waals surface area contributed by atoms with Crippen molar-refractivity contribution < 1.29 is 9.53 Å². The van der Waals surface area contributed by atoms with Crippen molar-refractivity contribution in [3.8, 4) is 5.75 Å². The molecular formula is C20H15BrO2. The fraction of sp³-hybridized carbons (Fsp3) is 0.0500. The van der Waals surface area contributed by atoms with Gasteiger partial charge in [0.05, 0.1) is 4.47 Å². The fourth-order valence-electron chi connectivity index (χ4n) is 2.32. The van der Waals surface area contributed by atoms with Crippen molar-refractivity contribution in [3.05, 3.63) is 101 Å². The first kappa shape index (κ1) is 15.5. The molecule has 3 heteroatoms. The van der Waals surface area contributed by atoms with Crippen LogP contribution < -0.4 is 4.74 Å². The standard InChI is InChI=1S/C20H15BrO2/c21-17-13-7-8-14-18(17)23-20(16-11-5-2-6-12-16)19(22)15-9-3-1-4-10-15/h1-14,20H. The molecule has 1 unspecified atom stereocenters. The summed E-state index contributed by atoms with van der Waals surface area (Å²) in [6.07, 6.45) is -0.683. The molecule has 0 spiro atoms. The van der Waals surface area contributed by atoms with Crippen LogP contribution in [0.3, 0.4) is 0 Å². The third-order valence-corrected chi connectivity index (χ3v) is 4.14. The number of halogens is 1. The molecule has 1 atom stereocenters. The van der Waals surface area contributed by atoms with Crippen molar-refractivity contribution in [1.82, 2.24) is 0 Å². The molecule has 0 aliphatic heterocycles. The summed E-state index contributed by atoms with van der Waals surface area (Å²) in [6, 6.07) is 26.3. The Morgan fingerprint density at radius 2 is 1.35 bits per heavy atom.